The molecular formula is C32H47F5O3S. The van der Waals surface area contributed by atoms with E-state index in [1.54, 1.807) is 0 Å². The Bertz CT molecular complexity index is 1030. The summed E-state index contributed by atoms with van der Waals surface area (Å²) in [5, 5.41) is 21.0. The van der Waals surface area contributed by atoms with Crippen molar-refractivity contribution in [3.63, 3.8) is 0 Å². The first kappa shape index (κ1) is 32.7. The molecular weight excluding hydrogens is 559 g/mol. The van der Waals surface area contributed by atoms with Crippen LogP contribution in [0, 0.1) is 23.2 Å². The number of hydrogen-bond acceptors (Lipinski definition) is 3. The number of benzene rings is 1. The zero-order valence-corrected chi connectivity index (χ0v) is 25.1. The van der Waals surface area contributed by atoms with Crippen LogP contribution in [0.4, 0.5) is 22.0 Å². The Hall–Kier alpha value is -1.22. The summed E-state index contributed by atoms with van der Waals surface area (Å²) in [5.74, 6) is -1.91. The third-order valence-electron chi connectivity index (χ3n) is 10.6. The number of aliphatic hydroxyl groups excluding tert-OH is 1. The van der Waals surface area contributed by atoms with Crippen molar-refractivity contribution in [2.75, 3.05) is 11.5 Å². The van der Waals surface area contributed by atoms with Crippen molar-refractivity contribution in [1.82, 2.24) is 0 Å². The molecule has 1 aromatic carbocycles. The summed E-state index contributed by atoms with van der Waals surface area (Å²) in [6.45, 7) is 2.30. The van der Waals surface area contributed by atoms with Crippen LogP contribution < -0.4 is 0 Å². The van der Waals surface area contributed by atoms with E-state index in [0.717, 1.165) is 77.0 Å². The molecule has 3 nitrogen and oxygen atoms in total. The van der Waals surface area contributed by atoms with Gasteiger partial charge < -0.3 is 10.2 Å². The predicted molar refractivity (Wildman–Crippen MR) is 153 cm³/mol. The molecule has 4 rings (SSSR count). The van der Waals surface area contributed by atoms with Crippen molar-refractivity contribution in [2.24, 2.45) is 23.2 Å². The highest BCUT2D eigenvalue weighted by Gasteiger charge is 2.57. The molecule has 0 saturated heterocycles. The first-order valence-electron chi connectivity index (χ1n) is 15.6. The van der Waals surface area contributed by atoms with E-state index in [-0.39, 0.29) is 17.3 Å². The van der Waals surface area contributed by atoms with E-state index in [1.165, 1.54) is 11.1 Å². The number of unbranched alkanes of at least 4 members (excludes halogenated alkanes) is 6. The van der Waals surface area contributed by atoms with E-state index in [2.05, 4.69) is 13.0 Å². The van der Waals surface area contributed by atoms with E-state index < -0.39 is 35.7 Å². The summed E-state index contributed by atoms with van der Waals surface area (Å²) in [4.78, 5) is 0. The van der Waals surface area contributed by atoms with E-state index in [1.807, 2.05) is 12.1 Å². The van der Waals surface area contributed by atoms with Crippen molar-refractivity contribution in [1.29, 1.82) is 0 Å². The van der Waals surface area contributed by atoms with Gasteiger partial charge in [-0.25, -0.2) is 0 Å². The van der Waals surface area contributed by atoms with Crippen LogP contribution in [-0.2, 0) is 17.2 Å². The fourth-order valence-corrected chi connectivity index (χ4v) is 9.48. The van der Waals surface area contributed by atoms with E-state index in [4.69, 9.17) is 0 Å². The normalized spacial score (nSPS) is 30.5. The van der Waals surface area contributed by atoms with Crippen LogP contribution in [0.25, 0.3) is 0 Å². The molecule has 0 amide bonds. The molecule has 2 N–H and O–H groups in total. The maximum atomic E-state index is 13.0. The zero-order chi connectivity index (χ0) is 29.8. The molecule has 2 unspecified atom stereocenters. The van der Waals surface area contributed by atoms with Gasteiger partial charge in [0.15, 0.2) is 0 Å². The van der Waals surface area contributed by atoms with Gasteiger partial charge in [-0.15, -0.1) is 0 Å². The lowest BCUT2D eigenvalue weighted by atomic mass is 9.52. The predicted octanol–water partition coefficient (Wildman–Crippen LogP) is 8.68. The summed E-state index contributed by atoms with van der Waals surface area (Å²) < 4.78 is 74.5. The monoisotopic (exact) mass is 606 g/mol. The van der Waals surface area contributed by atoms with E-state index >= 15 is 0 Å². The molecule has 2 saturated carbocycles. The topological polar surface area (TPSA) is 57.5 Å². The van der Waals surface area contributed by atoms with E-state index in [9.17, 15) is 36.4 Å². The molecule has 9 heteroatoms. The molecule has 7 atom stereocenters. The fraction of sp³-hybridized carbons (Fsp3) is 0.812. The van der Waals surface area contributed by atoms with Gasteiger partial charge in [0, 0.05) is 28.7 Å². The van der Waals surface area contributed by atoms with Gasteiger partial charge in [0.2, 0.25) is 0 Å². The Morgan fingerprint density at radius 1 is 0.927 bits per heavy atom. The summed E-state index contributed by atoms with van der Waals surface area (Å²) in [6.07, 6.45) is 5.97. The molecule has 234 valence electrons. The molecule has 0 aromatic heterocycles. The van der Waals surface area contributed by atoms with Crippen molar-refractivity contribution < 1.29 is 36.4 Å². The minimum absolute atomic E-state index is 0.0195. The van der Waals surface area contributed by atoms with Gasteiger partial charge in [0.25, 0.3) is 0 Å². The van der Waals surface area contributed by atoms with Crippen LogP contribution in [0.5, 0.6) is 5.75 Å². The number of phenols is 1. The summed E-state index contributed by atoms with van der Waals surface area (Å²) in [5.41, 5.74) is 2.73. The van der Waals surface area contributed by atoms with Gasteiger partial charge in [-0.05, 0) is 104 Å². The lowest BCUT2D eigenvalue weighted by molar-refractivity contribution is -0.284. The number of phenolic OH excluding ortho intramolecular Hbond substituents is 1. The van der Waals surface area contributed by atoms with Gasteiger partial charge in [-0.3, -0.25) is 4.21 Å². The minimum Gasteiger partial charge on any atom is -0.508 e. The average Bonchev–Trinajstić information content (AvgIpc) is 3.20. The zero-order valence-electron chi connectivity index (χ0n) is 24.2. The van der Waals surface area contributed by atoms with Gasteiger partial charge in [-0.1, -0.05) is 51.5 Å². The van der Waals surface area contributed by atoms with Crippen LogP contribution in [-0.4, -0.2) is 44.1 Å². The molecule has 1 aromatic rings. The lowest BCUT2D eigenvalue weighted by Gasteiger charge is -2.53. The van der Waals surface area contributed by atoms with Crippen LogP contribution in [0.15, 0.2) is 18.2 Å². The molecule has 41 heavy (non-hydrogen) atoms. The third-order valence-corrected chi connectivity index (χ3v) is 12.0. The Morgan fingerprint density at radius 2 is 1.59 bits per heavy atom. The largest absolute Gasteiger partial charge is 0.508 e. The van der Waals surface area contributed by atoms with Gasteiger partial charge in [0.05, 0.1) is 6.10 Å². The van der Waals surface area contributed by atoms with Gasteiger partial charge >= 0.3 is 12.1 Å². The average molecular weight is 607 g/mol. The van der Waals surface area contributed by atoms with Gasteiger partial charge in [-0.2, -0.15) is 22.0 Å². The summed E-state index contributed by atoms with van der Waals surface area (Å²) in [6, 6.07) is 5.92. The van der Waals surface area contributed by atoms with E-state index in [0.29, 0.717) is 41.6 Å². The molecule has 3 aliphatic carbocycles. The molecule has 0 bridgehead atoms. The quantitative estimate of drug-likeness (QED) is 0.165. The summed E-state index contributed by atoms with van der Waals surface area (Å²) in [7, 11) is -1.35. The van der Waals surface area contributed by atoms with Crippen LogP contribution in [0.3, 0.4) is 0 Å². The van der Waals surface area contributed by atoms with Gasteiger partial charge in [0.1, 0.15) is 5.75 Å². The highest BCUT2D eigenvalue weighted by atomic mass is 32.2. The molecule has 0 radical (unpaired) electrons. The fourth-order valence-electron chi connectivity index (χ4n) is 8.28. The second-order valence-corrected chi connectivity index (χ2v) is 14.9. The maximum absolute atomic E-state index is 13.0. The van der Waals surface area contributed by atoms with Crippen LogP contribution in [0.2, 0.25) is 0 Å². The molecule has 3 aliphatic rings. The second kappa shape index (κ2) is 13.6. The standard InChI is InChI=1S/C32H47F5O3S/c1-30-17-15-26-25-12-11-24(38)21-23(25)20-22(29(26)27(30)13-14-28(30)39)10-7-5-3-2-4-6-8-18-41(40)19-9-16-31(33,34)32(35,36)37/h11-12,21-22,26-29,38-39H,2-10,13-20H2,1H3/t22-,26-,27?,28+,29-,30+,41?/m1/s1. The third kappa shape index (κ3) is 7.66. The first-order chi connectivity index (χ1) is 19.3. The maximum Gasteiger partial charge on any atom is 0.453 e. The van der Waals surface area contributed by atoms with Crippen molar-refractivity contribution in [3.05, 3.63) is 29.3 Å². The van der Waals surface area contributed by atoms with Crippen molar-refractivity contribution in [2.45, 2.75) is 127 Å². The molecule has 2 fully saturated rings. The smallest absolute Gasteiger partial charge is 0.453 e. The number of hydrogen-bond donors (Lipinski definition) is 2. The Kier molecular flexibility index (Phi) is 10.8. The highest BCUT2D eigenvalue weighted by Crippen LogP contribution is 2.62. The summed E-state index contributed by atoms with van der Waals surface area (Å²) >= 11 is 0. The number of aliphatic hydroxyl groups is 1. The number of rotatable bonds is 14. The van der Waals surface area contributed by atoms with Crippen molar-refractivity contribution >= 4 is 10.8 Å². The number of alkyl halides is 5. The highest BCUT2D eigenvalue weighted by molar-refractivity contribution is 7.84. The first-order valence-corrected chi connectivity index (χ1v) is 17.1. The van der Waals surface area contributed by atoms with Crippen molar-refractivity contribution in [3.8, 4) is 5.75 Å². The molecule has 0 spiro atoms. The van der Waals surface area contributed by atoms with Crippen LogP contribution in [0.1, 0.15) is 114 Å². The second-order valence-electron chi connectivity index (χ2n) is 13.2. The lowest BCUT2D eigenvalue weighted by Crippen LogP contribution is -2.47. The minimum atomic E-state index is -5.54. The Labute approximate surface area is 244 Å². The Morgan fingerprint density at radius 3 is 2.29 bits per heavy atom. The molecule has 0 heterocycles. The van der Waals surface area contributed by atoms with Crippen LogP contribution >= 0.6 is 0 Å². The molecule has 0 aliphatic heterocycles. The number of fused-ring (bicyclic) bond motifs is 5. The SMILES string of the molecule is C[C@]12CC[C@@H]3c4ccc(O)cc4C[C@@H](CCCCCCCCCS(=O)CCCC(F)(F)C(F)(F)F)[C@H]3C1CC[C@@H]2O. The Balaban J connectivity index is 1.15. The number of halogens is 5. The number of aromatic hydroxyl groups is 1.